The van der Waals surface area contributed by atoms with Gasteiger partial charge in [0.25, 0.3) is 5.91 Å². The van der Waals surface area contributed by atoms with Crippen LogP contribution in [0, 0.1) is 12.7 Å². The van der Waals surface area contributed by atoms with Crippen LogP contribution in [-0.2, 0) is 4.79 Å². The minimum absolute atomic E-state index is 0.156. The predicted octanol–water partition coefficient (Wildman–Crippen LogP) is 2.51. The normalized spacial score (nSPS) is 13.7. The first-order chi connectivity index (χ1) is 8.81. The molecule has 104 valence electrons. The highest BCUT2D eigenvalue weighted by Crippen LogP contribution is 2.17. The lowest BCUT2D eigenvalue weighted by Gasteiger charge is -2.26. The van der Waals surface area contributed by atoms with Crippen LogP contribution in [0.3, 0.4) is 0 Å². The number of hydrogen-bond donors (Lipinski definition) is 2. The number of amides is 1. The Bertz CT molecular complexity index is 501. The van der Waals surface area contributed by atoms with Gasteiger partial charge in [0, 0.05) is 5.56 Å². The van der Waals surface area contributed by atoms with Gasteiger partial charge in [-0.05, 0) is 38.0 Å². The zero-order valence-corrected chi connectivity index (χ0v) is 11.3. The summed E-state index contributed by atoms with van der Waals surface area (Å²) in [6, 6.07) is 4.16. The van der Waals surface area contributed by atoms with Crippen molar-refractivity contribution in [2.24, 2.45) is 0 Å². The topological polar surface area (TPSA) is 66.4 Å². The molecule has 1 aromatic carbocycles. The second-order valence-corrected chi connectivity index (χ2v) is 4.75. The lowest BCUT2D eigenvalue weighted by molar-refractivity contribution is -0.144. The van der Waals surface area contributed by atoms with Gasteiger partial charge in [0.15, 0.2) is 0 Å². The van der Waals surface area contributed by atoms with Crippen LogP contribution in [0.25, 0.3) is 0 Å². The Kier molecular flexibility index (Phi) is 4.64. The van der Waals surface area contributed by atoms with E-state index in [1.165, 1.54) is 32.0 Å². The lowest BCUT2D eigenvalue weighted by Crippen LogP contribution is -2.52. The zero-order chi connectivity index (χ0) is 14.6. The molecule has 0 aliphatic heterocycles. The van der Waals surface area contributed by atoms with E-state index in [4.69, 9.17) is 0 Å². The summed E-state index contributed by atoms with van der Waals surface area (Å²) in [5.41, 5.74) is -0.974. The van der Waals surface area contributed by atoms with E-state index >= 15 is 0 Å². The van der Waals surface area contributed by atoms with Crippen LogP contribution in [0.2, 0.25) is 0 Å². The van der Waals surface area contributed by atoms with E-state index in [9.17, 15) is 19.1 Å². The summed E-state index contributed by atoms with van der Waals surface area (Å²) >= 11 is 0. The summed E-state index contributed by atoms with van der Waals surface area (Å²) in [5.74, 6) is -2.16. The highest BCUT2D eigenvalue weighted by atomic mass is 19.1. The Morgan fingerprint density at radius 3 is 2.58 bits per heavy atom. The van der Waals surface area contributed by atoms with E-state index in [0.717, 1.165) is 0 Å². The van der Waals surface area contributed by atoms with Crippen molar-refractivity contribution in [1.29, 1.82) is 0 Å². The average molecular weight is 267 g/mol. The van der Waals surface area contributed by atoms with Crippen molar-refractivity contribution >= 4 is 11.9 Å². The molecule has 0 aliphatic carbocycles. The minimum atomic E-state index is -1.34. The fraction of sp³-hybridized carbons (Fsp3) is 0.429. The van der Waals surface area contributed by atoms with Crippen molar-refractivity contribution < 1.29 is 19.1 Å². The summed E-state index contributed by atoms with van der Waals surface area (Å²) < 4.78 is 13.4. The number of hydrogen-bond acceptors (Lipinski definition) is 2. The number of carboxylic acids is 1. The molecule has 0 radical (unpaired) electrons. The van der Waals surface area contributed by atoms with Gasteiger partial charge in [-0.1, -0.05) is 19.4 Å². The van der Waals surface area contributed by atoms with Crippen LogP contribution in [0.5, 0.6) is 0 Å². The standard InChI is InChI=1S/C14H18FNO3/c1-4-8-14(3,13(18)19)16-12(17)10-6-5-7-11(15)9(10)2/h5-7H,4,8H2,1-3H3,(H,16,17)(H,18,19). The average Bonchev–Trinajstić information content (AvgIpc) is 2.32. The maximum Gasteiger partial charge on any atom is 0.329 e. The molecule has 0 aliphatic rings. The zero-order valence-electron chi connectivity index (χ0n) is 11.3. The molecule has 5 heteroatoms. The van der Waals surface area contributed by atoms with Crippen molar-refractivity contribution in [3.63, 3.8) is 0 Å². The summed E-state index contributed by atoms with van der Waals surface area (Å²) in [7, 11) is 0. The van der Waals surface area contributed by atoms with E-state index < -0.39 is 23.2 Å². The molecule has 4 nitrogen and oxygen atoms in total. The summed E-state index contributed by atoms with van der Waals surface area (Å²) in [5, 5.41) is 11.7. The first-order valence-corrected chi connectivity index (χ1v) is 6.13. The van der Waals surface area contributed by atoms with Crippen molar-refractivity contribution in [2.45, 2.75) is 39.2 Å². The summed E-state index contributed by atoms with van der Waals surface area (Å²) in [6.07, 6.45) is 0.924. The van der Waals surface area contributed by atoms with Crippen LogP contribution in [0.4, 0.5) is 4.39 Å². The summed E-state index contributed by atoms with van der Waals surface area (Å²) in [6.45, 7) is 4.77. The number of rotatable bonds is 5. The van der Waals surface area contributed by atoms with Crippen molar-refractivity contribution in [2.75, 3.05) is 0 Å². The molecule has 0 spiro atoms. The van der Waals surface area contributed by atoms with E-state index in [1.807, 2.05) is 6.92 Å². The second kappa shape index (κ2) is 5.82. The van der Waals surface area contributed by atoms with Gasteiger partial charge in [-0.3, -0.25) is 4.79 Å². The van der Waals surface area contributed by atoms with Gasteiger partial charge in [0.2, 0.25) is 0 Å². The first-order valence-electron chi connectivity index (χ1n) is 6.13. The Morgan fingerprint density at radius 2 is 2.05 bits per heavy atom. The highest BCUT2D eigenvalue weighted by Gasteiger charge is 2.34. The SMILES string of the molecule is CCCC(C)(NC(=O)c1cccc(F)c1C)C(=O)O. The largest absolute Gasteiger partial charge is 0.480 e. The van der Waals surface area contributed by atoms with E-state index in [1.54, 1.807) is 0 Å². The van der Waals surface area contributed by atoms with Gasteiger partial charge in [-0.15, -0.1) is 0 Å². The number of carboxylic acid groups (broad SMARTS) is 1. The van der Waals surface area contributed by atoms with Gasteiger partial charge in [-0.25, -0.2) is 9.18 Å². The van der Waals surface area contributed by atoms with E-state index in [2.05, 4.69) is 5.32 Å². The smallest absolute Gasteiger partial charge is 0.329 e. The molecule has 1 amide bonds. The van der Waals surface area contributed by atoms with Crippen LogP contribution in [-0.4, -0.2) is 22.5 Å². The number of halogens is 1. The monoisotopic (exact) mass is 267 g/mol. The fourth-order valence-electron chi connectivity index (χ4n) is 1.89. The minimum Gasteiger partial charge on any atom is -0.480 e. The van der Waals surface area contributed by atoms with Crippen molar-refractivity contribution in [3.8, 4) is 0 Å². The number of benzene rings is 1. The molecule has 0 saturated carbocycles. The molecular formula is C14H18FNO3. The molecule has 0 saturated heterocycles. The van der Waals surface area contributed by atoms with Gasteiger partial charge < -0.3 is 10.4 Å². The predicted molar refractivity (Wildman–Crippen MR) is 69.6 cm³/mol. The lowest BCUT2D eigenvalue weighted by atomic mass is 9.95. The molecule has 0 aromatic heterocycles. The molecular weight excluding hydrogens is 249 g/mol. The van der Waals surface area contributed by atoms with Crippen LogP contribution in [0.15, 0.2) is 18.2 Å². The Morgan fingerprint density at radius 1 is 1.42 bits per heavy atom. The Balaban J connectivity index is 3.01. The molecule has 2 N–H and O–H groups in total. The molecule has 0 heterocycles. The quantitative estimate of drug-likeness (QED) is 0.861. The van der Waals surface area contributed by atoms with Crippen molar-refractivity contribution in [3.05, 3.63) is 35.1 Å². The van der Waals surface area contributed by atoms with Crippen LogP contribution < -0.4 is 5.32 Å². The molecule has 19 heavy (non-hydrogen) atoms. The molecule has 1 atom stereocenters. The number of nitrogens with one attached hydrogen (secondary N) is 1. The highest BCUT2D eigenvalue weighted by molar-refractivity contribution is 5.98. The van der Waals surface area contributed by atoms with Crippen LogP contribution >= 0.6 is 0 Å². The second-order valence-electron chi connectivity index (χ2n) is 4.75. The maximum atomic E-state index is 13.4. The first kappa shape index (κ1) is 15.1. The molecule has 1 aromatic rings. The Labute approximate surface area is 111 Å². The Hall–Kier alpha value is -1.91. The van der Waals surface area contributed by atoms with Gasteiger partial charge in [-0.2, -0.15) is 0 Å². The van der Waals surface area contributed by atoms with E-state index in [-0.39, 0.29) is 11.1 Å². The maximum absolute atomic E-state index is 13.4. The summed E-state index contributed by atoms with van der Waals surface area (Å²) in [4.78, 5) is 23.3. The number of carbonyl (C=O) groups excluding carboxylic acids is 1. The molecule has 1 rings (SSSR count). The molecule has 1 unspecified atom stereocenters. The fourth-order valence-corrected chi connectivity index (χ4v) is 1.89. The number of carbonyl (C=O) groups is 2. The van der Waals surface area contributed by atoms with E-state index in [0.29, 0.717) is 12.8 Å². The van der Waals surface area contributed by atoms with Crippen molar-refractivity contribution in [1.82, 2.24) is 5.32 Å². The van der Waals surface area contributed by atoms with Gasteiger partial charge in [0.05, 0.1) is 0 Å². The number of aliphatic carboxylic acids is 1. The van der Waals surface area contributed by atoms with Gasteiger partial charge >= 0.3 is 5.97 Å². The van der Waals surface area contributed by atoms with Gasteiger partial charge in [0.1, 0.15) is 11.4 Å². The third-order valence-corrected chi connectivity index (χ3v) is 3.12. The molecule has 0 fully saturated rings. The third-order valence-electron chi connectivity index (χ3n) is 3.12. The third kappa shape index (κ3) is 3.30. The molecule has 0 bridgehead atoms. The van der Waals surface area contributed by atoms with Crippen LogP contribution in [0.1, 0.15) is 42.6 Å².